The van der Waals surface area contributed by atoms with E-state index in [0.717, 1.165) is 40.1 Å². The highest BCUT2D eigenvalue weighted by atomic mass is 15.4. The molecule has 0 amide bonds. The average Bonchev–Trinajstić information content (AvgIpc) is 2.82. The number of allylic oxidation sites excluding steroid dienone is 2. The van der Waals surface area contributed by atoms with E-state index in [0.29, 0.717) is 5.70 Å². The Bertz CT molecular complexity index is 970. The first-order valence-corrected chi connectivity index (χ1v) is 10.2. The van der Waals surface area contributed by atoms with E-state index in [-0.39, 0.29) is 12.1 Å². The van der Waals surface area contributed by atoms with Gasteiger partial charge in [-0.25, -0.2) is 5.84 Å². The van der Waals surface area contributed by atoms with Gasteiger partial charge < -0.3 is 26.8 Å². The molecule has 158 valence electrons. The fourth-order valence-corrected chi connectivity index (χ4v) is 3.95. The molecule has 1 aliphatic rings. The fourth-order valence-electron chi connectivity index (χ4n) is 3.95. The van der Waals surface area contributed by atoms with E-state index in [1.54, 1.807) is 5.01 Å². The van der Waals surface area contributed by atoms with Crippen molar-refractivity contribution in [3.8, 4) is 0 Å². The van der Waals surface area contributed by atoms with Gasteiger partial charge in [-0.3, -0.25) is 0 Å². The second-order valence-corrected chi connectivity index (χ2v) is 7.92. The Morgan fingerprint density at radius 1 is 1.20 bits per heavy atom. The third-order valence-corrected chi connectivity index (χ3v) is 5.55. The van der Waals surface area contributed by atoms with Crippen LogP contribution in [0.1, 0.15) is 48.6 Å². The molecule has 0 spiro atoms. The van der Waals surface area contributed by atoms with E-state index in [1.165, 1.54) is 11.8 Å². The van der Waals surface area contributed by atoms with Crippen molar-refractivity contribution < 1.29 is 0 Å². The van der Waals surface area contributed by atoms with Crippen LogP contribution in [-0.4, -0.2) is 24.3 Å². The van der Waals surface area contributed by atoms with Gasteiger partial charge in [0.2, 0.25) is 0 Å². The molecule has 0 aliphatic carbocycles. The molecule has 30 heavy (non-hydrogen) atoms. The Morgan fingerprint density at radius 3 is 2.50 bits per heavy atom. The van der Waals surface area contributed by atoms with Gasteiger partial charge in [0.15, 0.2) is 0 Å². The summed E-state index contributed by atoms with van der Waals surface area (Å²) in [6.07, 6.45) is 4.00. The first-order chi connectivity index (χ1) is 14.3. The number of hydrazine groups is 1. The minimum absolute atomic E-state index is 0.0436. The van der Waals surface area contributed by atoms with Crippen molar-refractivity contribution in [3.63, 3.8) is 0 Å². The Balaban J connectivity index is 2.17. The minimum atomic E-state index is 0.0436. The molecular weight excluding hydrogens is 372 g/mol. The number of benzene rings is 2. The monoisotopic (exact) mass is 404 g/mol. The SMILES string of the molecule is CN/C=C(\C=N)c1ccc2c(c1)C(Nc1ccc(C)cc1)CC(C)N(N)/C2=C(/C)N. The third kappa shape index (κ3) is 4.33. The van der Waals surface area contributed by atoms with Gasteiger partial charge in [-0.05, 0) is 56.5 Å². The number of hydrogen-bond acceptors (Lipinski definition) is 6. The molecule has 0 saturated heterocycles. The summed E-state index contributed by atoms with van der Waals surface area (Å²) in [5, 5.41) is 16.3. The second kappa shape index (κ2) is 9.05. The van der Waals surface area contributed by atoms with E-state index in [9.17, 15) is 0 Å². The summed E-state index contributed by atoms with van der Waals surface area (Å²) in [5.74, 6) is 6.50. The summed E-state index contributed by atoms with van der Waals surface area (Å²) in [5.41, 5.74) is 14.0. The lowest BCUT2D eigenvalue weighted by Gasteiger charge is -2.28. The van der Waals surface area contributed by atoms with Crippen LogP contribution in [0.5, 0.6) is 0 Å². The molecule has 2 aromatic rings. The molecule has 0 aromatic heterocycles. The second-order valence-electron chi connectivity index (χ2n) is 7.92. The summed E-state index contributed by atoms with van der Waals surface area (Å²) >= 11 is 0. The Morgan fingerprint density at radius 2 is 1.90 bits per heavy atom. The van der Waals surface area contributed by atoms with Gasteiger partial charge in [-0.15, -0.1) is 0 Å². The molecule has 0 radical (unpaired) electrons. The van der Waals surface area contributed by atoms with E-state index < -0.39 is 0 Å². The average molecular weight is 405 g/mol. The number of fused-ring (bicyclic) bond motifs is 1. The fraction of sp³-hybridized carbons (Fsp3) is 0.292. The number of hydrogen-bond donors (Lipinski definition) is 5. The van der Waals surface area contributed by atoms with Crippen molar-refractivity contribution in [1.82, 2.24) is 10.3 Å². The van der Waals surface area contributed by atoms with Gasteiger partial charge in [0.05, 0.1) is 11.7 Å². The van der Waals surface area contributed by atoms with Crippen molar-refractivity contribution in [2.24, 2.45) is 11.6 Å². The Labute approximate surface area is 179 Å². The normalized spacial score (nSPS) is 20.8. The van der Waals surface area contributed by atoms with Gasteiger partial charge >= 0.3 is 0 Å². The van der Waals surface area contributed by atoms with Crippen LogP contribution in [0.3, 0.4) is 0 Å². The van der Waals surface area contributed by atoms with E-state index in [4.69, 9.17) is 17.0 Å². The maximum atomic E-state index is 7.80. The van der Waals surface area contributed by atoms with Gasteiger partial charge in [0.25, 0.3) is 0 Å². The van der Waals surface area contributed by atoms with Crippen molar-refractivity contribution in [1.29, 1.82) is 5.41 Å². The van der Waals surface area contributed by atoms with Gasteiger partial charge in [0.1, 0.15) is 0 Å². The molecule has 2 atom stereocenters. The maximum absolute atomic E-state index is 7.80. The Kier molecular flexibility index (Phi) is 6.47. The standard InChI is InChI=1S/C24H32N6/c1-15-5-8-20(9-6-15)29-23-11-16(2)30(27)24(17(3)26)21-10-7-18(12-22(21)23)19(13-25)14-28-4/h5-10,12-14,16,23,25,28-29H,11,26-27H2,1-4H3/b19-14+,24-17-,25-13?. The van der Waals surface area contributed by atoms with Gasteiger partial charge in [0, 0.05) is 48.0 Å². The highest BCUT2D eigenvalue weighted by Gasteiger charge is 2.30. The molecular formula is C24H32N6. The van der Waals surface area contributed by atoms with Crippen LogP contribution in [0.4, 0.5) is 5.69 Å². The number of nitrogens with two attached hydrogens (primary N) is 2. The number of nitrogens with zero attached hydrogens (tertiary/aromatic N) is 1. The van der Waals surface area contributed by atoms with Crippen LogP contribution >= 0.6 is 0 Å². The summed E-state index contributed by atoms with van der Waals surface area (Å²) in [6.45, 7) is 6.08. The van der Waals surface area contributed by atoms with Crippen LogP contribution in [0, 0.1) is 12.3 Å². The van der Waals surface area contributed by atoms with E-state index in [2.05, 4.69) is 60.9 Å². The lowest BCUT2D eigenvalue weighted by Crippen LogP contribution is -2.38. The number of aryl methyl sites for hydroxylation is 1. The van der Waals surface area contributed by atoms with Crippen molar-refractivity contribution in [2.75, 3.05) is 12.4 Å². The van der Waals surface area contributed by atoms with Crippen molar-refractivity contribution in [3.05, 3.63) is 76.6 Å². The molecule has 0 saturated carbocycles. The summed E-state index contributed by atoms with van der Waals surface area (Å²) < 4.78 is 0. The number of rotatable bonds is 5. The molecule has 6 heteroatoms. The van der Waals surface area contributed by atoms with Crippen LogP contribution in [-0.2, 0) is 0 Å². The number of anilines is 1. The smallest absolute Gasteiger partial charge is 0.0780 e. The van der Waals surface area contributed by atoms with Crippen LogP contribution in [0.2, 0.25) is 0 Å². The zero-order valence-electron chi connectivity index (χ0n) is 18.2. The summed E-state index contributed by atoms with van der Waals surface area (Å²) in [4.78, 5) is 0. The molecule has 2 aromatic carbocycles. The molecule has 6 nitrogen and oxygen atoms in total. The first-order valence-electron chi connectivity index (χ1n) is 10.2. The zero-order chi connectivity index (χ0) is 21.8. The van der Waals surface area contributed by atoms with Gasteiger partial charge in [-0.2, -0.15) is 0 Å². The molecule has 3 rings (SSSR count). The maximum Gasteiger partial charge on any atom is 0.0780 e. The van der Waals surface area contributed by atoms with Crippen LogP contribution in [0.25, 0.3) is 11.3 Å². The topological polar surface area (TPSA) is 103 Å². The largest absolute Gasteiger partial charge is 0.401 e. The molecule has 0 bridgehead atoms. The first kappa shape index (κ1) is 21.5. The quantitative estimate of drug-likeness (QED) is 0.383. The summed E-state index contributed by atoms with van der Waals surface area (Å²) in [7, 11) is 1.83. The number of nitrogens with one attached hydrogen (secondary N) is 3. The zero-order valence-corrected chi connectivity index (χ0v) is 18.2. The highest BCUT2D eigenvalue weighted by molar-refractivity contribution is 6.08. The Hall–Kier alpha value is -3.25. The molecule has 2 unspecified atom stereocenters. The molecule has 0 fully saturated rings. The van der Waals surface area contributed by atoms with Crippen molar-refractivity contribution >= 4 is 23.2 Å². The minimum Gasteiger partial charge on any atom is -0.401 e. The van der Waals surface area contributed by atoms with E-state index in [1.807, 2.05) is 26.2 Å². The predicted octanol–water partition coefficient (Wildman–Crippen LogP) is 3.97. The van der Waals surface area contributed by atoms with Gasteiger partial charge in [-0.1, -0.05) is 29.8 Å². The van der Waals surface area contributed by atoms with Crippen LogP contribution in [0.15, 0.2) is 54.4 Å². The lowest BCUT2D eigenvalue weighted by molar-refractivity contribution is 0.301. The lowest BCUT2D eigenvalue weighted by atomic mass is 9.92. The summed E-state index contributed by atoms with van der Waals surface area (Å²) in [6, 6.07) is 14.8. The highest BCUT2D eigenvalue weighted by Crippen LogP contribution is 2.38. The third-order valence-electron chi connectivity index (χ3n) is 5.55. The van der Waals surface area contributed by atoms with Crippen molar-refractivity contribution in [2.45, 2.75) is 39.3 Å². The molecule has 1 heterocycles. The van der Waals surface area contributed by atoms with E-state index >= 15 is 0 Å². The molecule has 1 aliphatic heterocycles. The van der Waals surface area contributed by atoms with Crippen LogP contribution < -0.4 is 22.2 Å². The molecule has 7 N–H and O–H groups in total. The predicted molar refractivity (Wildman–Crippen MR) is 127 cm³/mol.